The van der Waals surface area contributed by atoms with E-state index in [1.54, 1.807) is 0 Å². The molecule has 0 bridgehead atoms. The van der Waals surface area contributed by atoms with Gasteiger partial charge in [-0.25, -0.2) is 9.97 Å². The molecular weight excluding hydrogens is 222 g/mol. The van der Waals surface area contributed by atoms with Crippen molar-refractivity contribution in [2.45, 2.75) is 60.8 Å². The normalized spacial score (nSPS) is 12.0. The summed E-state index contributed by atoms with van der Waals surface area (Å²) in [5, 5.41) is 3.37. The van der Waals surface area contributed by atoms with Crippen LogP contribution in [0.4, 0.5) is 5.82 Å². The van der Waals surface area contributed by atoms with Crippen LogP contribution < -0.4 is 5.32 Å². The van der Waals surface area contributed by atoms with Gasteiger partial charge in [0.2, 0.25) is 0 Å². The van der Waals surface area contributed by atoms with E-state index in [-0.39, 0.29) is 5.41 Å². The second-order valence-corrected chi connectivity index (χ2v) is 6.41. The third-order valence-electron chi connectivity index (χ3n) is 2.79. The van der Waals surface area contributed by atoms with Gasteiger partial charge in [0.1, 0.15) is 11.6 Å². The fourth-order valence-corrected chi connectivity index (χ4v) is 2.19. The van der Waals surface area contributed by atoms with Gasteiger partial charge in [-0.15, -0.1) is 0 Å². The monoisotopic (exact) mass is 249 g/mol. The maximum Gasteiger partial charge on any atom is 0.133 e. The quantitative estimate of drug-likeness (QED) is 0.878. The lowest BCUT2D eigenvalue weighted by atomic mass is 9.91. The fourth-order valence-electron chi connectivity index (χ4n) is 2.19. The Balaban J connectivity index is 3.19. The molecule has 3 nitrogen and oxygen atoms in total. The first-order chi connectivity index (χ1) is 8.24. The lowest BCUT2D eigenvalue weighted by Gasteiger charge is -2.20. The molecular formula is C15H27N3. The zero-order valence-electron chi connectivity index (χ0n) is 12.9. The molecule has 0 fully saturated rings. The average Bonchev–Trinajstić information content (AvgIpc) is 2.13. The minimum Gasteiger partial charge on any atom is -0.370 e. The number of aromatic nitrogens is 2. The number of nitrogens with one attached hydrogen (secondary N) is 1. The predicted octanol–water partition coefficient (Wildman–Crippen LogP) is 3.93. The molecule has 1 rings (SSSR count). The van der Waals surface area contributed by atoms with Crippen molar-refractivity contribution in [3.05, 3.63) is 17.1 Å². The van der Waals surface area contributed by atoms with E-state index in [1.807, 2.05) is 0 Å². The van der Waals surface area contributed by atoms with Crippen molar-refractivity contribution in [2.75, 3.05) is 11.9 Å². The van der Waals surface area contributed by atoms with Crippen LogP contribution in [0.5, 0.6) is 0 Å². The van der Waals surface area contributed by atoms with Gasteiger partial charge in [0.25, 0.3) is 0 Å². The highest BCUT2D eigenvalue weighted by Crippen LogP contribution is 2.27. The van der Waals surface area contributed by atoms with E-state index in [0.717, 1.165) is 30.3 Å². The Morgan fingerprint density at radius 3 is 2.22 bits per heavy atom. The molecule has 0 spiro atoms. The summed E-state index contributed by atoms with van der Waals surface area (Å²) >= 11 is 0. The van der Waals surface area contributed by atoms with Crippen LogP contribution in [0.3, 0.4) is 0 Å². The van der Waals surface area contributed by atoms with Crippen molar-refractivity contribution in [3.63, 3.8) is 0 Å². The standard InChI is InChI=1S/C15H27N3/c1-8-16-14-13(10(2)3)11(4)17-12(18-14)9-15(5,6)7/h10H,8-9H2,1-7H3,(H,16,17,18). The van der Waals surface area contributed by atoms with Gasteiger partial charge in [-0.05, 0) is 25.2 Å². The predicted molar refractivity (Wildman–Crippen MR) is 78.2 cm³/mol. The molecule has 0 saturated heterocycles. The summed E-state index contributed by atoms with van der Waals surface area (Å²) in [5.41, 5.74) is 2.57. The summed E-state index contributed by atoms with van der Waals surface area (Å²) < 4.78 is 0. The Morgan fingerprint density at radius 2 is 1.78 bits per heavy atom. The molecule has 0 radical (unpaired) electrons. The van der Waals surface area contributed by atoms with Gasteiger partial charge in [-0.2, -0.15) is 0 Å². The van der Waals surface area contributed by atoms with Crippen LogP contribution in [0, 0.1) is 12.3 Å². The molecule has 0 saturated carbocycles. The summed E-state index contributed by atoms with van der Waals surface area (Å²) in [5.74, 6) is 2.40. The minimum absolute atomic E-state index is 0.218. The summed E-state index contributed by atoms with van der Waals surface area (Å²) in [7, 11) is 0. The number of rotatable bonds is 4. The van der Waals surface area contributed by atoms with Gasteiger partial charge < -0.3 is 5.32 Å². The van der Waals surface area contributed by atoms with E-state index in [2.05, 4.69) is 58.8 Å². The Morgan fingerprint density at radius 1 is 1.17 bits per heavy atom. The van der Waals surface area contributed by atoms with Gasteiger partial charge in [0, 0.05) is 24.2 Å². The van der Waals surface area contributed by atoms with Crippen LogP contribution in [0.25, 0.3) is 0 Å². The number of hydrogen-bond donors (Lipinski definition) is 1. The second kappa shape index (κ2) is 5.68. The van der Waals surface area contributed by atoms with Crippen LogP contribution >= 0.6 is 0 Å². The van der Waals surface area contributed by atoms with Crippen molar-refractivity contribution in [1.82, 2.24) is 9.97 Å². The summed E-state index contributed by atoms with van der Waals surface area (Å²) in [4.78, 5) is 9.38. The topological polar surface area (TPSA) is 37.8 Å². The van der Waals surface area contributed by atoms with E-state index >= 15 is 0 Å². The Kier molecular flexibility index (Phi) is 4.71. The van der Waals surface area contributed by atoms with Gasteiger partial charge in [-0.3, -0.25) is 0 Å². The zero-order valence-corrected chi connectivity index (χ0v) is 12.9. The molecule has 1 aromatic rings. The van der Waals surface area contributed by atoms with Gasteiger partial charge in [0.05, 0.1) is 0 Å². The molecule has 0 aromatic carbocycles. The number of aryl methyl sites for hydroxylation is 1. The van der Waals surface area contributed by atoms with E-state index in [1.165, 1.54) is 5.56 Å². The molecule has 18 heavy (non-hydrogen) atoms. The van der Waals surface area contributed by atoms with E-state index in [4.69, 9.17) is 4.98 Å². The van der Waals surface area contributed by atoms with Gasteiger partial charge in [-0.1, -0.05) is 34.6 Å². The van der Waals surface area contributed by atoms with Crippen LogP contribution in [-0.2, 0) is 6.42 Å². The van der Waals surface area contributed by atoms with Crippen molar-refractivity contribution >= 4 is 5.82 Å². The molecule has 0 amide bonds. The van der Waals surface area contributed by atoms with Crippen LogP contribution in [0.1, 0.15) is 64.5 Å². The lowest BCUT2D eigenvalue weighted by molar-refractivity contribution is 0.400. The first-order valence-electron chi connectivity index (χ1n) is 6.86. The van der Waals surface area contributed by atoms with E-state index < -0.39 is 0 Å². The molecule has 0 aliphatic heterocycles. The van der Waals surface area contributed by atoms with Gasteiger partial charge >= 0.3 is 0 Å². The average molecular weight is 249 g/mol. The van der Waals surface area contributed by atoms with Gasteiger partial charge in [0.15, 0.2) is 0 Å². The molecule has 1 heterocycles. The Bertz CT molecular complexity index is 403. The highest BCUT2D eigenvalue weighted by Gasteiger charge is 2.18. The smallest absolute Gasteiger partial charge is 0.133 e. The molecule has 1 aromatic heterocycles. The highest BCUT2D eigenvalue weighted by molar-refractivity contribution is 5.48. The van der Waals surface area contributed by atoms with Crippen LogP contribution in [0.2, 0.25) is 0 Å². The number of hydrogen-bond acceptors (Lipinski definition) is 3. The van der Waals surface area contributed by atoms with E-state index in [9.17, 15) is 0 Å². The SMILES string of the molecule is CCNc1nc(CC(C)(C)C)nc(C)c1C(C)C. The first-order valence-corrected chi connectivity index (χ1v) is 6.86. The molecule has 1 N–H and O–H groups in total. The number of nitrogens with zero attached hydrogens (tertiary/aromatic N) is 2. The highest BCUT2D eigenvalue weighted by atomic mass is 15.0. The fraction of sp³-hybridized carbons (Fsp3) is 0.733. The molecule has 0 unspecified atom stereocenters. The number of anilines is 1. The Hall–Kier alpha value is -1.12. The third kappa shape index (κ3) is 3.97. The van der Waals surface area contributed by atoms with Crippen LogP contribution in [0.15, 0.2) is 0 Å². The molecule has 0 atom stereocenters. The summed E-state index contributed by atoms with van der Waals surface area (Å²) in [6.45, 7) is 16.1. The van der Waals surface area contributed by atoms with Crippen molar-refractivity contribution < 1.29 is 0 Å². The second-order valence-electron chi connectivity index (χ2n) is 6.41. The Labute approximate surface area is 111 Å². The molecule has 102 valence electrons. The van der Waals surface area contributed by atoms with Crippen molar-refractivity contribution in [2.24, 2.45) is 5.41 Å². The van der Waals surface area contributed by atoms with Crippen LogP contribution in [-0.4, -0.2) is 16.5 Å². The zero-order chi connectivity index (χ0) is 13.9. The molecule has 3 heteroatoms. The minimum atomic E-state index is 0.218. The first kappa shape index (κ1) is 14.9. The maximum absolute atomic E-state index is 4.71. The lowest BCUT2D eigenvalue weighted by Crippen LogP contribution is -2.16. The summed E-state index contributed by atoms with van der Waals surface area (Å²) in [6, 6.07) is 0. The summed E-state index contributed by atoms with van der Waals surface area (Å²) in [6.07, 6.45) is 0.907. The molecule has 0 aliphatic rings. The third-order valence-corrected chi connectivity index (χ3v) is 2.79. The largest absolute Gasteiger partial charge is 0.370 e. The van der Waals surface area contributed by atoms with Crippen molar-refractivity contribution in [1.29, 1.82) is 0 Å². The van der Waals surface area contributed by atoms with Crippen molar-refractivity contribution in [3.8, 4) is 0 Å². The maximum atomic E-state index is 4.71. The molecule has 0 aliphatic carbocycles. The van der Waals surface area contributed by atoms with E-state index in [0.29, 0.717) is 5.92 Å².